The molecule has 2 saturated heterocycles. The van der Waals surface area contributed by atoms with Crippen molar-refractivity contribution in [3.05, 3.63) is 94.8 Å². The fourth-order valence-electron chi connectivity index (χ4n) is 5.55. The zero-order valence-corrected chi connectivity index (χ0v) is 20.3. The molecule has 3 aromatic carbocycles. The van der Waals surface area contributed by atoms with Gasteiger partial charge in [-0.05, 0) is 79.8 Å². The summed E-state index contributed by atoms with van der Waals surface area (Å²) in [5.41, 5.74) is 2.84. The van der Waals surface area contributed by atoms with Gasteiger partial charge in [-0.1, -0.05) is 18.2 Å². The normalized spacial score (nSPS) is 20.7. The van der Waals surface area contributed by atoms with E-state index in [2.05, 4.69) is 4.90 Å². The SMILES string of the molecule is O=C1C(=O)N(c2ccc(N3CCCC3)cc2)C(c2ccccc2F)/C1=C(\O)c1ccc2c(c1)CCCO2. The molecule has 1 N–H and O–H groups in total. The van der Waals surface area contributed by atoms with Crippen molar-refractivity contribution in [1.82, 2.24) is 0 Å². The highest BCUT2D eigenvalue weighted by molar-refractivity contribution is 6.51. The number of nitrogens with zero attached hydrogens (tertiary/aromatic N) is 2. The first-order chi connectivity index (χ1) is 18.0. The summed E-state index contributed by atoms with van der Waals surface area (Å²) >= 11 is 0. The molecule has 3 aromatic rings. The number of amides is 1. The number of hydrogen-bond donors (Lipinski definition) is 1. The molecule has 0 spiro atoms. The molecule has 188 valence electrons. The summed E-state index contributed by atoms with van der Waals surface area (Å²) in [6.45, 7) is 2.59. The Hall–Kier alpha value is -4.13. The van der Waals surface area contributed by atoms with Crippen molar-refractivity contribution in [2.45, 2.75) is 31.7 Å². The number of anilines is 2. The molecular weight excluding hydrogens is 471 g/mol. The fraction of sp³-hybridized carbons (Fsp3) is 0.267. The lowest BCUT2D eigenvalue weighted by Gasteiger charge is -2.26. The highest BCUT2D eigenvalue weighted by atomic mass is 19.1. The number of Topliss-reactive ketones (excluding diaryl/α,β-unsaturated/α-hetero) is 1. The largest absolute Gasteiger partial charge is 0.507 e. The van der Waals surface area contributed by atoms with Crippen molar-refractivity contribution in [2.75, 3.05) is 29.5 Å². The lowest BCUT2D eigenvalue weighted by Crippen LogP contribution is -2.30. The van der Waals surface area contributed by atoms with Gasteiger partial charge in [0.05, 0.1) is 18.2 Å². The predicted molar refractivity (Wildman–Crippen MR) is 139 cm³/mol. The number of carbonyl (C=O) groups excluding carboxylic acids is 2. The van der Waals surface area contributed by atoms with Crippen molar-refractivity contribution in [3.8, 4) is 5.75 Å². The molecule has 6 nitrogen and oxygen atoms in total. The minimum Gasteiger partial charge on any atom is -0.507 e. The summed E-state index contributed by atoms with van der Waals surface area (Å²) in [6.07, 6.45) is 3.91. The molecule has 7 heteroatoms. The Labute approximate surface area is 214 Å². The molecule has 0 bridgehead atoms. The molecule has 1 atom stereocenters. The number of aliphatic hydroxyl groups excluding tert-OH is 1. The van der Waals surface area contributed by atoms with Gasteiger partial charge in [0, 0.05) is 35.6 Å². The van der Waals surface area contributed by atoms with Crippen LogP contribution in [-0.2, 0) is 16.0 Å². The van der Waals surface area contributed by atoms with E-state index in [0.717, 1.165) is 55.8 Å². The molecule has 3 aliphatic heterocycles. The average Bonchev–Trinajstić information content (AvgIpc) is 3.56. The minimum atomic E-state index is -1.11. The van der Waals surface area contributed by atoms with Gasteiger partial charge in [0.15, 0.2) is 0 Å². The van der Waals surface area contributed by atoms with Gasteiger partial charge < -0.3 is 14.7 Å². The van der Waals surface area contributed by atoms with Crippen LogP contribution in [0.2, 0.25) is 0 Å². The standard InChI is InChI=1S/C30H27FN2O4/c31-24-8-2-1-7-23(24)27-26(28(34)20-9-14-25-19(18-20)6-5-17-37-25)29(35)30(36)33(27)22-12-10-21(11-13-22)32-15-3-4-16-32/h1-2,7-14,18,27,34H,3-6,15-17H2/b28-26+. The topological polar surface area (TPSA) is 70.1 Å². The smallest absolute Gasteiger partial charge is 0.300 e. The number of ketones is 1. The Balaban J connectivity index is 1.47. The van der Waals surface area contributed by atoms with Crippen LogP contribution in [0.5, 0.6) is 5.75 Å². The van der Waals surface area contributed by atoms with E-state index in [1.807, 2.05) is 12.1 Å². The van der Waals surface area contributed by atoms with Crippen LogP contribution in [0.15, 0.2) is 72.3 Å². The van der Waals surface area contributed by atoms with E-state index < -0.39 is 23.5 Å². The number of fused-ring (bicyclic) bond motifs is 1. The molecule has 0 aliphatic carbocycles. The molecule has 0 saturated carbocycles. The maximum absolute atomic E-state index is 15.1. The van der Waals surface area contributed by atoms with E-state index in [9.17, 15) is 14.7 Å². The Morgan fingerprint density at radius 3 is 2.41 bits per heavy atom. The third-order valence-electron chi connectivity index (χ3n) is 7.43. The number of carbonyl (C=O) groups is 2. The molecule has 3 aliphatic rings. The zero-order valence-electron chi connectivity index (χ0n) is 20.3. The maximum atomic E-state index is 15.1. The number of halogens is 1. The molecular formula is C30H27FN2O4. The van der Waals surface area contributed by atoms with E-state index in [4.69, 9.17) is 4.74 Å². The van der Waals surface area contributed by atoms with Crippen LogP contribution in [0.3, 0.4) is 0 Å². The molecule has 0 radical (unpaired) electrons. The summed E-state index contributed by atoms with van der Waals surface area (Å²) in [5, 5.41) is 11.4. The molecule has 3 heterocycles. The van der Waals surface area contributed by atoms with Crippen LogP contribution < -0.4 is 14.5 Å². The summed E-state index contributed by atoms with van der Waals surface area (Å²) in [4.78, 5) is 30.4. The van der Waals surface area contributed by atoms with Gasteiger partial charge >= 0.3 is 0 Å². The third kappa shape index (κ3) is 4.04. The molecule has 1 amide bonds. The number of aliphatic hydroxyl groups is 1. The van der Waals surface area contributed by atoms with Crippen LogP contribution in [0.25, 0.3) is 5.76 Å². The summed E-state index contributed by atoms with van der Waals surface area (Å²) in [6, 6.07) is 17.5. The molecule has 37 heavy (non-hydrogen) atoms. The fourth-order valence-corrected chi connectivity index (χ4v) is 5.55. The van der Waals surface area contributed by atoms with Crippen LogP contribution >= 0.6 is 0 Å². The van der Waals surface area contributed by atoms with Crippen molar-refractivity contribution < 1.29 is 23.8 Å². The highest BCUT2D eigenvalue weighted by Gasteiger charge is 2.47. The Morgan fingerprint density at radius 1 is 0.919 bits per heavy atom. The Morgan fingerprint density at radius 2 is 1.65 bits per heavy atom. The van der Waals surface area contributed by atoms with Gasteiger partial charge in [-0.3, -0.25) is 14.5 Å². The first-order valence-electron chi connectivity index (χ1n) is 12.7. The van der Waals surface area contributed by atoms with E-state index >= 15 is 4.39 Å². The zero-order chi connectivity index (χ0) is 25.5. The van der Waals surface area contributed by atoms with Crippen molar-refractivity contribution >= 4 is 28.8 Å². The second kappa shape index (κ2) is 9.39. The molecule has 1 unspecified atom stereocenters. The quantitative estimate of drug-likeness (QED) is 0.297. The maximum Gasteiger partial charge on any atom is 0.300 e. The molecule has 6 rings (SSSR count). The predicted octanol–water partition coefficient (Wildman–Crippen LogP) is 5.38. The number of ether oxygens (including phenoxy) is 1. The summed E-state index contributed by atoms with van der Waals surface area (Å²) < 4.78 is 20.8. The minimum absolute atomic E-state index is 0.129. The highest BCUT2D eigenvalue weighted by Crippen LogP contribution is 2.43. The van der Waals surface area contributed by atoms with Gasteiger partial charge in [0.25, 0.3) is 11.7 Å². The van der Waals surface area contributed by atoms with Crippen molar-refractivity contribution in [1.29, 1.82) is 0 Å². The molecule has 2 fully saturated rings. The van der Waals surface area contributed by atoms with Gasteiger partial charge in [-0.25, -0.2) is 4.39 Å². The van der Waals surface area contributed by atoms with Crippen molar-refractivity contribution in [2.24, 2.45) is 0 Å². The summed E-state index contributed by atoms with van der Waals surface area (Å²) in [7, 11) is 0. The second-order valence-corrected chi connectivity index (χ2v) is 9.68. The second-order valence-electron chi connectivity index (χ2n) is 9.68. The van der Waals surface area contributed by atoms with Crippen LogP contribution in [0.1, 0.15) is 42.0 Å². The Bertz CT molecular complexity index is 1410. The van der Waals surface area contributed by atoms with Gasteiger partial charge in [-0.15, -0.1) is 0 Å². The number of hydrogen-bond acceptors (Lipinski definition) is 5. The van der Waals surface area contributed by atoms with E-state index in [1.165, 1.54) is 11.0 Å². The van der Waals surface area contributed by atoms with E-state index in [0.29, 0.717) is 17.9 Å². The number of rotatable bonds is 4. The summed E-state index contributed by atoms with van der Waals surface area (Å²) in [5.74, 6) is -1.78. The first kappa shape index (κ1) is 23.3. The first-order valence-corrected chi connectivity index (χ1v) is 12.7. The average molecular weight is 499 g/mol. The van der Waals surface area contributed by atoms with Gasteiger partial charge in [-0.2, -0.15) is 0 Å². The van der Waals surface area contributed by atoms with Crippen LogP contribution in [0.4, 0.5) is 15.8 Å². The monoisotopic (exact) mass is 498 g/mol. The van der Waals surface area contributed by atoms with E-state index in [-0.39, 0.29) is 16.9 Å². The molecule has 0 aromatic heterocycles. The number of aryl methyl sites for hydroxylation is 1. The van der Waals surface area contributed by atoms with Gasteiger partial charge in [0.1, 0.15) is 17.3 Å². The third-order valence-corrected chi connectivity index (χ3v) is 7.43. The Kier molecular flexibility index (Phi) is 5.91. The number of benzene rings is 3. The lowest BCUT2D eigenvalue weighted by atomic mass is 9.93. The van der Waals surface area contributed by atoms with Crippen LogP contribution in [0, 0.1) is 5.82 Å². The van der Waals surface area contributed by atoms with Crippen molar-refractivity contribution in [3.63, 3.8) is 0 Å². The van der Waals surface area contributed by atoms with Crippen LogP contribution in [-0.4, -0.2) is 36.5 Å². The van der Waals surface area contributed by atoms with E-state index in [1.54, 1.807) is 48.5 Å². The van der Waals surface area contributed by atoms with Gasteiger partial charge in [0.2, 0.25) is 0 Å². The lowest BCUT2D eigenvalue weighted by molar-refractivity contribution is -0.132.